The number of aryl methyl sites for hydroxylation is 1. The van der Waals surface area contributed by atoms with Crippen LogP contribution in [0.1, 0.15) is 5.56 Å². The maximum atomic E-state index is 10.4. The zero-order chi connectivity index (χ0) is 10.9. The topological polar surface area (TPSA) is 107 Å². The van der Waals surface area contributed by atoms with Gasteiger partial charge in [-0.15, -0.1) is 0 Å². The second-order valence-corrected chi connectivity index (χ2v) is 2.61. The third-order valence-electron chi connectivity index (χ3n) is 1.71. The van der Waals surface area contributed by atoms with Gasteiger partial charge in [0.2, 0.25) is 5.75 Å². The number of benzene rings is 1. The first kappa shape index (κ1) is 9.90. The van der Waals surface area contributed by atoms with Gasteiger partial charge in [0, 0.05) is 6.07 Å². The second-order valence-electron chi connectivity index (χ2n) is 2.61. The van der Waals surface area contributed by atoms with E-state index in [9.17, 15) is 25.3 Å². The Morgan fingerprint density at radius 1 is 1.21 bits per heavy atom. The Labute approximate surface area is 77.9 Å². The van der Waals surface area contributed by atoms with Crippen molar-refractivity contribution in [1.29, 1.82) is 0 Å². The van der Waals surface area contributed by atoms with E-state index in [0.717, 1.165) is 6.07 Å². The molecule has 0 aliphatic carbocycles. The van der Waals surface area contributed by atoms with Crippen LogP contribution in [-0.2, 0) is 0 Å². The van der Waals surface area contributed by atoms with Gasteiger partial charge in [-0.1, -0.05) is 0 Å². The number of hydrogen-bond acceptors (Lipinski definition) is 5. The van der Waals surface area contributed by atoms with Crippen LogP contribution in [0.2, 0.25) is 0 Å². The fourth-order valence-corrected chi connectivity index (χ4v) is 0.997. The molecule has 0 aliphatic rings. The number of hydrogen-bond donors (Lipinski definition) is 1. The second kappa shape index (κ2) is 3.29. The average molecular weight is 198 g/mol. The number of nitrogens with zero attached hydrogens (tertiary/aromatic N) is 2. The summed E-state index contributed by atoms with van der Waals surface area (Å²) in [6.45, 7) is 1.42. The van der Waals surface area contributed by atoms with E-state index >= 15 is 0 Å². The van der Waals surface area contributed by atoms with Crippen molar-refractivity contribution in [2.45, 2.75) is 6.92 Å². The molecule has 14 heavy (non-hydrogen) atoms. The van der Waals surface area contributed by atoms with Gasteiger partial charge in [-0.3, -0.25) is 20.2 Å². The molecule has 7 heteroatoms. The first-order chi connectivity index (χ1) is 6.45. The summed E-state index contributed by atoms with van der Waals surface area (Å²) in [4.78, 5) is 18.9. The van der Waals surface area contributed by atoms with Gasteiger partial charge in [0.1, 0.15) is 0 Å². The molecular formula is C7H6N2O5. The highest BCUT2D eigenvalue weighted by atomic mass is 16.6. The summed E-state index contributed by atoms with van der Waals surface area (Å²) in [5.41, 5.74) is -1.35. The molecule has 1 aromatic rings. The first-order valence-corrected chi connectivity index (χ1v) is 3.56. The van der Waals surface area contributed by atoms with Crippen molar-refractivity contribution >= 4 is 11.4 Å². The van der Waals surface area contributed by atoms with Gasteiger partial charge in [0.05, 0.1) is 9.85 Å². The van der Waals surface area contributed by atoms with Crippen molar-refractivity contribution < 1.29 is 15.0 Å². The molecule has 0 amide bonds. The predicted molar refractivity (Wildman–Crippen MR) is 46.2 cm³/mol. The maximum absolute atomic E-state index is 10.4. The lowest BCUT2D eigenvalue weighted by Crippen LogP contribution is -1.97. The number of phenolic OH excluding ortho intramolecular Hbond substituents is 1. The minimum atomic E-state index is -0.972. The zero-order valence-electron chi connectivity index (χ0n) is 7.13. The molecule has 0 saturated carbocycles. The summed E-state index contributed by atoms with van der Waals surface area (Å²) in [6, 6.07) is 2.24. The molecule has 7 nitrogen and oxygen atoms in total. The largest absolute Gasteiger partial charge is 0.502 e. The highest BCUT2D eigenvalue weighted by Crippen LogP contribution is 2.37. The quantitative estimate of drug-likeness (QED) is 0.572. The maximum Gasteiger partial charge on any atom is 0.387 e. The van der Waals surface area contributed by atoms with Gasteiger partial charge in [0.15, 0.2) is 0 Å². The number of nitro groups is 2. The van der Waals surface area contributed by atoms with E-state index < -0.39 is 27.0 Å². The van der Waals surface area contributed by atoms with Crippen LogP contribution in [0, 0.1) is 27.2 Å². The van der Waals surface area contributed by atoms with Crippen molar-refractivity contribution in [3.63, 3.8) is 0 Å². The van der Waals surface area contributed by atoms with Crippen molar-refractivity contribution in [3.8, 4) is 5.75 Å². The molecule has 0 fully saturated rings. The molecule has 0 spiro atoms. The van der Waals surface area contributed by atoms with Gasteiger partial charge in [-0.2, -0.15) is 0 Å². The zero-order valence-corrected chi connectivity index (χ0v) is 7.13. The summed E-state index contributed by atoms with van der Waals surface area (Å²) < 4.78 is 0. The fraction of sp³-hybridized carbons (Fsp3) is 0.143. The van der Waals surface area contributed by atoms with Crippen molar-refractivity contribution in [2.75, 3.05) is 0 Å². The van der Waals surface area contributed by atoms with Crippen LogP contribution in [0.5, 0.6) is 5.75 Å². The molecule has 1 rings (SSSR count). The molecule has 0 aromatic heterocycles. The number of nitro benzene ring substituents is 2. The smallest absolute Gasteiger partial charge is 0.387 e. The number of rotatable bonds is 2. The monoisotopic (exact) mass is 198 g/mol. The molecule has 0 atom stereocenters. The Balaban J connectivity index is 3.53. The molecule has 0 aliphatic heterocycles. The van der Waals surface area contributed by atoms with Crippen LogP contribution < -0.4 is 0 Å². The lowest BCUT2D eigenvalue weighted by atomic mass is 10.1. The normalized spacial score (nSPS) is 9.79. The van der Waals surface area contributed by atoms with Crippen molar-refractivity contribution in [2.24, 2.45) is 0 Å². The Bertz CT molecular complexity index is 415. The van der Waals surface area contributed by atoms with Gasteiger partial charge < -0.3 is 5.11 Å². The first-order valence-electron chi connectivity index (χ1n) is 3.56. The molecule has 1 aromatic carbocycles. The lowest BCUT2D eigenvalue weighted by molar-refractivity contribution is -0.423. The summed E-state index contributed by atoms with van der Waals surface area (Å²) in [5.74, 6) is -0.663. The summed E-state index contributed by atoms with van der Waals surface area (Å²) in [5, 5.41) is 30.1. The third-order valence-corrected chi connectivity index (χ3v) is 1.71. The van der Waals surface area contributed by atoms with Crippen LogP contribution in [0.25, 0.3) is 0 Å². The Hall–Kier alpha value is -2.18. The number of phenols is 1. The summed E-state index contributed by atoms with van der Waals surface area (Å²) in [7, 11) is 0. The molecule has 0 unspecified atom stereocenters. The average Bonchev–Trinajstić information content (AvgIpc) is 2.08. The van der Waals surface area contributed by atoms with Crippen LogP contribution in [-0.4, -0.2) is 15.0 Å². The number of aromatic hydroxyl groups is 1. The SMILES string of the molecule is Cc1ccc([N+](=O)[O-])c([N+](=O)[O-])c1O. The Morgan fingerprint density at radius 2 is 1.79 bits per heavy atom. The van der Waals surface area contributed by atoms with E-state index in [-0.39, 0.29) is 5.56 Å². The van der Waals surface area contributed by atoms with Crippen LogP contribution in [0.15, 0.2) is 12.1 Å². The van der Waals surface area contributed by atoms with Gasteiger partial charge >= 0.3 is 11.4 Å². The summed E-state index contributed by atoms with van der Waals surface area (Å²) >= 11 is 0. The molecule has 1 N–H and O–H groups in total. The Morgan fingerprint density at radius 3 is 2.21 bits per heavy atom. The van der Waals surface area contributed by atoms with E-state index in [1.807, 2.05) is 0 Å². The standard InChI is InChI=1S/C7H6N2O5/c1-4-2-3-5(8(11)12)6(7(4)10)9(13)14/h2-3,10H,1H3. The van der Waals surface area contributed by atoms with E-state index in [1.54, 1.807) is 0 Å². The minimum Gasteiger partial charge on any atom is -0.502 e. The summed E-state index contributed by atoms with van der Waals surface area (Å²) in [6.07, 6.45) is 0. The van der Waals surface area contributed by atoms with Gasteiger partial charge in [-0.05, 0) is 18.6 Å². The van der Waals surface area contributed by atoms with Crippen LogP contribution in [0.3, 0.4) is 0 Å². The van der Waals surface area contributed by atoms with E-state index in [2.05, 4.69) is 0 Å². The predicted octanol–water partition coefficient (Wildman–Crippen LogP) is 1.52. The molecule has 0 radical (unpaired) electrons. The fourth-order valence-electron chi connectivity index (χ4n) is 0.997. The highest BCUT2D eigenvalue weighted by molar-refractivity contribution is 5.63. The highest BCUT2D eigenvalue weighted by Gasteiger charge is 2.29. The molecular weight excluding hydrogens is 192 g/mol. The minimum absolute atomic E-state index is 0.224. The van der Waals surface area contributed by atoms with Crippen molar-refractivity contribution in [3.05, 3.63) is 37.9 Å². The molecule has 0 heterocycles. The van der Waals surface area contributed by atoms with Crippen LogP contribution >= 0.6 is 0 Å². The Kier molecular flexibility index (Phi) is 2.32. The van der Waals surface area contributed by atoms with Gasteiger partial charge in [-0.25, -0.2) is 0 Å². The van der Waals surface area contributed by atoms with E-state index in [4.69, 9.17) is 0 Å². The third kappa shape index (κ3) is 1.47. The molecule has 0 saturated heterocycles. The lowest BCUT2D eigenvalue weighted by Gasteiger charge is -1.99. The van der Waals surface area contributed by atoms with E-state index in [0.29, 0.717) is 0 Å². The van der Waals surface area contributed by atoms with Gasteiger partial charge in [0.25, 0.3) is 0 Å². The van der Waals surface area contributed by atoms with E-state index in [1.165, 1.54) is 13.0 Å². The van der Waals surface area contributed by atoms with Crippen molar-refractivity contribution in [1.82, 2.24) is 0 Å². The van der Waals surface area contributed by atoms with Crippen LogP contribution in [0.4, 0.5) is 11.4 Å². The molecule has 74 valence electrons. The molecule has 0 bridgehead atoms.